The van der Waals surface area contributed by atoms with Gasteiger partial charge in [0.2, 0.25) is 0 Å². The summed E-state index contributed by atoms with van der Waals surface area (Å²) in [4.78, 5) is 28.8. The molecule has 3 aliphatic heterocycles. The minimum Gasteiger partial charge on any atom is -0.484 e. The van der Waals surface area contributed by atoms with Crippen LogP contribution in [0.5, 0.6) is 5.75 Å². The standard InChI is InChI=1S/C30H38N2O11/c1-16-10-22(35)19-11-17-12-25(29(2,3)42-26(17)18(6-9-33)27(19)41-16)43-40-14-24(37)30(39,28(38)23(36)13-34)15-32-8-5-20-21(32)4-7-31-20/h4-5,7,10-11,23-25,28,33-34,36-39H,6,8-9,12-15H2,1-3H3/p+1. The molecule has 13 heteroatoms. The van der Waals surface area contributed by atoms with Crippen LogP contribution in [0.25, 0.3) is 11.0 Å². The third kappa shape index (κ3) is 5.92. The molecule has 0 saturated heterocycles. The number of aryl methyl sites for hydroxylation is 1. The Kier molecular flexibility index (Phi) is 8.91. The van der Waals surface area contributed by atoms with Crippen LogP contribution in [0, 0.1) is 6.92 Å². The predicted molar refractivity (Wildman–Crippen MR) is 153 cm³/mol. The van der Waals surface area contributed by atoms with Gasteiger partial charge in [-0.3, -0.25) is 14.7 Å². The van der Waals surface area contributed by atoms with Gasteiger partial charge in [-0.05, 0) is 32.4 Å². The number of aliphatic hydroxyl groups excluding tert-OH is 5. The van der Waals surface area contributed by atoms with Crippen LogP contribution in [0.3, 0.4) is 0 Å². The van der Waals surface area contributed by atoms with Gasteiger partial charge in [0.1, 0.15) is 72.5 Å². The third-order valence-electron chi connectivity index (χ3n) is 8.37. The van der Waals surface area contributed by atoms with Gasteiger partial charge in [-0.1, -0.05) is 0 Å². The highest BCUT2D eigenvalue weighted by Gasteiger charge is 2.51. The van der Waals surface area contributed by atoms with Crippen LogP contribution in [-0.4, -0.2) is 105 Å². The molecular formula is C30H39N2O11+. The fourth-order valence-corrected chi connectivity index (χ4v) is 5.89. The highest BCUT2D eigenvalue weighted by Crippen LogP contribution is 2.41. The van der Waals surface area contributed by atoms with Gasteiger partial charge in [-0.15, -0.1) is 0 Å². The maximum Gasteiger partial charge on any atom is 0.192 e. The van der Waals surface area contributed by atoms with E-state index in [0.29, 0.717) is 45.1 Å². The lowest BCUT2D eigenvalue weighted by atomic mass is 9.86. The molecule has 7 N–H and O–H groups in total. The fourth-order valence-electron chi connectivity index (χ4n) is 5.89. The zero-order valence-corrected chi connectivity index (χ0v) is 24.3. The number of quaternary nitrogens is 1. The molecule has 0 spiro atoms. The molecule has 3 aliphatic rings. The first-order valence-corrected chi connectivity index (χ1v) is 14.2. The van der Waals surface area contributed by atoms with E-state index in [1.165, 1.54) is 6.07 Å². The zero-order valence-electron chi connectivity index (χ0n) is 24.3. The minimum absolute atomic E-state index is 0.186. The number of hydrogen-bond donors (Lipinski definition) is 7. The van der Waals surface area contributed by atoms with Crippen LogP contribution in [0.2, 0.25) is 0 Å². The SMILES string of the molecule is Cc1cc(=O)c2cc3c(c(CCO)c2o1)OC(C)(C)C(OOCC(O)C(O)(C[NH+]1CC=C2N=CC=C21)C(O)C(O)CO)C3. The topological polar surface area (TPSA) is 196 Å². The predicted octanol–water partition coefficient (Wildman–Crippen LogP) is -1.78. The molecule has 6 unspecified atom stereocenters. The number of ether oxygens (including phenoxy) is 1. The van der Waals surface area contributed by atoms with E-state index in [4.69, 9.17) is 18.9 Å². The van der Waals surface area contributed by atoms with Crippen molar-refractivity contribution in [1.82, 2.24) is 0 Å². The smallest absolute Gasteiger partial charge is 0.192 e. The number of fused-ring (bicyclic) bond motifs is 3. The monoisotopic (exact) mass is 603 g/mol. The molecule has 0 fully saturated rings. The van der Waals surface area contributed by atoms with Crippen LogP contribution in [0.1, 0.15) is 30.7 Å². The second-order valence-corrected chi connectivity index (χ2v) is 11.8. The van der Waals surface area contributed by atoms with Crippen LogP contribution < -0.4 is 15.1 Å². The van der Waals surface area contributed by atoms with Gasteiger partial charge in [-0.25, -0.2) is 9.78 Å². The van der Waals surface area contributed by atoms with E-state index in [0.717, 1.165) is 11.4 Å². The van der Waals surface area contributed by atoms with Gasteiger partial charge < -0.3 is 39.8 Å². The molecule has 1 aromatic carbocycles. The van der Waals surface area contributed by atoms with Crippen LogP contribution in [0.4, 0.5) is 0 Å². The maximum atomic E-state index is 12.8. The number of rotatable bonds is 12. The van der Waals surface area contributed by atoms with E-state index in [2.05, 4.69) is 4.99 Å². The number of aliphatic imine (C=N–C) groups is 1. The normalized spacial score (nSPS) is 24.0. The Bertz CT molecular complexity index is 1510. The first kappa shape index (κ1) is 31.4. The lowest BCUT2D eigenvalue weighted by Gasteiger charge is -2.41. The van der Waals surface area contributed by atoms with E-state index >= 15 is 0 Å². The van der Waals surface area contributed by atoms with E-state index < -0.39 is 48.8 Å². The minimum atomic E-state index is -2.30. The summed E-state index contributed by atoms with van der Waals surface area (Å²) < 4.78 is 12.2. The largest absolute Gasteiger partial charge is 0.484 e. The van der Waals surface area contributed by atoms with Crippen LogP contribution in [-0.2, 0) is 22.6 Å². The average Bonchev–Trinajstić information content (AvgIpc) is 3.58. The van der Waals surface area contributed by atoms with Crippen molar-refractivity contribution in [2.75, 3.05) is 32.9 Å². The van der Waals surface area contributed by atoms with Crippen molar-refractivity contribution in [1.29, 1.82) is 0 Å². The van der Waals surface area contributed by atoms with E-state index in [9.17, 15) is 35.4 Å². The number of nitrogens with one attached hydrogen (secondary N) is 1. The molecule has 5 rings (SSSR count). The maximum absolute atomic E-state index is 12.8. The molecule has 43 heavy (non-hydrogen) atoms. The number of allylic oxidation sites excluding steroid dienone is 1. The van der Waals surface area contributed by atoms with Crippen molar-refractivity contribution in [3.05, 3.63) is 62.8 Å². The van der Waals surface area contributed by atoms with Gasteiger partial charge in [0.05, 0.1) is 12.0 Å². The molecule has 6 atom stereocenters. The Morgan fingerprint density at radius 2 is 2.00 bits per heavy atom. The van der Waals surface area contributed by atoms with Gasteiger partial charge in [0.25, 0.3) is 0 Å². The summed E-state index contributed by atoms with van der Waals surface area (Å²) in [5.74, 6) is 0.926. The quantitative estimate of drug-likeness (QED) is 0.107. The van der Waals surface area contributed by atoms with E-state index in [1.54, 1.807) is 39.1 Å². The van der Waals surface area contributed by atoms with Crippen molar-refractivity contribution in [2.24, 2.45) is 4.99 Å². The summed E-state index contributed by atoms with van der Waals surface area (Å²) >= 11 is 0. The summed E-state index contributed by atoms with van der Waals surface area (Å²) in [6.07, 6.45) is -0.430. The number of nitrogens with zero attached hydrogens (tertiary/aromatic N) is 1. The summed E-state index contributed by atoms with van der Waals surface area (Å²) in [5.41, 5.74) is -0.429. The Balaban J connectivity index is 1.33. The molecule has 234 valence electrons. The highest BCUT2D eigenvalue weighted by molar-refractivity contribution is 5.84. The molecule has 4 heterocycles. The van der Waals surface area contributed by atoms with Crippen molar-refractivity contribution in [3.8, 4) is 5.75 Å². The van der Waals surface area contributed by atoms with Crippen LogP contribution in [0.15, 0.2) is 49.9 Å². The second kappa shape index (κ2) is 12.2. The summed E-state index contributed by atoms with van der Waals surface area (Å²) in [7, 11) is 0. The Morgan fingerprint density at radius 3 is 2.72 bits per heavy atom. The van der Waals surface area contributed by atoms with Gasteiger partial charge in [-0.2, -0.15) is 0 Å². The van der Waals surface area contributed by atoms with Crippen molar-refractivity contribution < 1.29 is 54.5 Å². The third-order valence-corrected chi connectivity index (χ3v) is 8.37. The highest BCUT2D eigenvalue weighted by atomic mass is 17.2. The zero-order chi connectivity index (χ0) is 31.1. The van der Waals surface area contributed by atoms with Crippen LogP contribution >= 0.6 is 0 Å². The molecule has 0 saturated carbocycles. The first-order chi connectivity index (χ1) is 20.4. The molecular weight excluding hydrogens is 564 g/mol. The number of benzene rings is 1. The fraction of sp³-hybridized carbons (Fsp3) is 0.533. The summed E-state index contributed by atoms with van der Waals surface area (Å²) in [6.45, 7) is 3.82. The number of aliphatic hydroxyl groups is 6. The van der Waals surface area contributed by atoms with Gasteiger partial charge >= 0.3 is 0 Å². The van der Waals surface area contributed by atoms with Crippen molar-refractivity contribution in [2.45, 2.75) is 69.2 Å². The average molecular weight is 604 g/mol. The summed E-state index contributed by atoms with van der Waals surface area (Å²) in [6, 6.07) is 3.06. The summed E-state index contributed by atoms with van der Waals surface area (Å²) in [5, 5.41) is 63.1. The van der Waals surface area contributed by atoms with Crippen molar-refractivity contribution in [3.63, 3.8) is 0 Å². The van der Waals surface area contributed by atoms with E-state index in [1.807, 2.05) is 6.08 Å². The molecule has 0 bridgehead atoms. The molecule has 13 nitrogen and oxygen atoms in total. The molecule has 1 aromatic heterocycles. The number of hydrogen-bond acceptors (Lipinski definition) is 12. The molecule has 0 amide bonds. The lowest BCUT2D eigenvalue weighted by molar-refractivity contribution is -0.856. The Morgan fingerprint density at radius 1 is 1.23 bits per heavy atom. The molecule has 0 radical (unpaired) electrons. The lowest BCUT2D eigenvalue weighted by Crippen LogP contribution is -3.11. The first-order valence-electron chi connectivity index (χ1n) is 14.2. The molecule has 2 aromatic rings. The molecule has 0 aliphatic carbocycles. The van der Waals surface area contributed by atoms with Gasteiger partial charge in [0, 0.05) is 49.4 Å². The Labute approximate surface area is 247 Å². The second-order valence-electron chi connectivity index (χ2n) is 11.8. The Hall–Kier alpha value is -2.98. The van der Waals surface area contributed by atoms with Gasteiger partial charge in [0.15, 0.2) is 16.7 Å². The van der Waals surface area contributed by atoms with Crippen molar-refractivity contribution >= 4 is 17.2 Å². The van der Waals surface area contributed by atoms with E-state index in [-0.39, 0.29) is 31.4 Å².